The van der Waals surface area contributed by atoms with Gasteiger partial charge in [-0.25, -0.2) is 0 Å². The fourth-order valence-corrected chi connectivity index (χ4v) is 7.30. The summed E-state index contributed by atoms with van der Waals surface area (Å²) in [5, 5.41) is 0. The maximum atomic E-state index is 7.51. The van der Waals surface area contributed by atoms with Gasteiger partial charge in [-0.2, -0.15) is 0 Å². The Kier molecular flexibility index (Phi) is 7.14. The molecule has 0 bridgehead atoms. The van der Waals surface area contributed by atoms with Gasteiger partial charge >= 0.3 is 0 Å². The standard InChI is InChI=1S/C11H21Si.Co/c1-8-12(9(2)3,10(4)5)11(6)7;/h9-11H,2-7H3;/q-1;. The van der Waals surface area contributed by atoms with Crippen LogP contribution in [0.5, 0.6) is 0 Å². The van der Waals surface area contributed by atoms with E-state index in [0.717, 1.165) is 0 Å². The number of rotatable bonds is 3. The van der Waals surface area contributed by atoms with Crippen molar-refractivity contribution in [3.8, 4) is 5.54 Å². The van der Waals surface area contributed by atoms with Crippen LogP contribution in [0.15, 0.2) is 0 Å². The topological polar surface area (TPSA) is 0 Å². The SMILES string of the molecule is [C-]#C[Si](C(C)C)(C(C)C)C(C)C.[Co]. The summed E-state index contributed by atoms with van der Waals surface area (Å²) in [6.07, 6.45) is 7.51. The molecule has 0 unspecified atom stereocenters. The Labute approximate surface area is 95.1 Å². The first kappa shape index (κ1) is 15.7. The Balaban J connectivity index is 0. The van der Waals surface area contributed by atoms with Crippen LogP contribution in [0.3, 0.4) is 0 Å². The Morgan fingerprint density at radius 1 is 0.846 bits per heavy atom. The number of hydrogen-bond acceptors (Lipinski definition) is 0. The molecule has 0 N–H and O–H groups in total. The van der Waals surface area contributed by atoms with Crippen LogP contribution in [0.25, 0.3) is 0 Å². The van der Waals surface area contributed by atoms with Gasteiger partial charge < -0.3 is 12.0 Å². The van der Waals surface area contributed by atoms with Crippen molar-refractivity contribution in [2.45, 2.75) is 58.2 Å². The molecule has 13 heavy (non-hydrogen) atoms. The summed E-state index contributed by atoms with van der Waals surface area (Å²) in [5.74, 6) is 0. The van der Waals surface area contributed by atoms with Crippen LogP contribution in [0.2, 0.25) is 16.6 Å². The monoisotopic (exact) mass is 240 g/mol. The molecule has 0 nitrogen and oxygen atoms in total. The van der Waals surface area contributed by atoms with Crippen LogP contribution in [-0.2, 0) is 16.8 Å². The van der Waals surface area contributed by atoms with Crippen LogP contribution in [0.1, 0.15) is 41.5 Å². The summed E-state index contributed by atoms with van der Waals surface area (Å²) in [4.78, 5) is 0. The Morgan fingerprint density at radius 3 is 1.08 bits per heavy atom. The second-order valence-corrected chi connectivity index (χ2v) is 10.1. The predicted octanol–water partition coefficient (Wildman–Crippen LogP) is 3.79. The maximum absolute atomic E-state index is 7.51. The van der Waals surface area contributed by atoms with Gasteiger partial charge in [-0.05, 0) is 16.6 Å². The van der Waals surface area contributed by atoms with Crippen molar-refractivity contribution in [1.29, 1.82) is 0 Å². The van der Waals surface area contributed by atoms with Crippen molar-refractivity contribution in [2.75, 3.05) is 0 Å². The van der Waals surface area contributed by atoms with Crippen molar-refractivity contribution in [2.24, 2.45) is 0 Å². The van der Waals surface area contributed by atoms with E-state index < -0.39 is 8.07 Å². The molecule has 0 aromatic rings. The molecule has 0 aliphatic rings. The zero-order valence-corrected chi connectivity index (χ0v) is 11.6. The van der Waals surface area contributed by atoms with Crippen molar-refractivity contribution in [1.82, 2.24) is 0 Å². The summed E-state index contributed by atoms with van der Waals surface area (Å²) in [6, 6.07) is 0. The molecule has 0 saturated carbocycles. The Hall–Kier alpha value is 0.283. The summed E-state index contributed by atoms with van der Waals surface area (Å²) < 4.78 is 0. The van der Waals surface area contributed by atoms with E-state index in [1.165, 1.54) is 0 Å². The van der Waals surface area contributed by atoms with Gasteiger partial charge in [-0.1, -0.05) is 41.5 Å². The van der Waals surface area contributed by atoms with E-state index in [1.807, 2.05) is 0 Å². The molecule has 0 spiro atoms. The first-order valence-corrected chi connectivity index (χ1v) is 7.06. The Bertz CT molecular complexity index is 155. The third kappa shape index (κ3) is 2.87. The number of hydrogen-bond donors (Lipinski definition) is 0. The van der Waals surface area contributed by atoms with Crippen LogP contribution >= 0.6 is 0 Å². The average Bonchev–Trinajstić information content (AvgIpc) is 1.86. The van der Waals surface area contributed by atoms with Crippen molar-refractivity contribution in [3.63, 3.8) is 0 Å². The predicted molar refractivity (Wildman–Crippen MR) is 58.2 cm³/mol. The van der Waals surface area contributed by atoms with E-state index in [4.69, 9.17) is 6.42 Å². The van der Waals surface area contributed by atoms with Crippen LogP contribution in [-0.4, -0.2) is 8.07 Å². The maximum Gasteiger partial charge on any atom is 0.0977 e. The molecule has 0 aromatic carbocycles. The van der Waals surface area contributed by atoms with Crippen LogP contribution in [0.4, 0.5) is 0 Å². The van der Waals surface area contributed by atoms with Gasteiger partial charge in [-0.3, -0.25) is 0 Å². The molecule has 0 atom stereocenters. The molecule has 0 heterocycles. The van der Waals surface area contributed by atoms with Gasteiger partial charge in [0.15, 0.2) is 0 Å². The first-order valence-electron chi connectivity index (χ1n) is 4.83. The molecule has 2 heteroatoms. The second kappa shape index (κ2) is 5.90. The van der Waals surface area contributed by atoms with Crippen LogP contribution in [0, 0.1) is 12.0 Å². The largest absolute Gasteiger partial charge is 0.701 e. The minimum absolute atomic E-state index is 0. The summed E-state index contributed by atoms with van der Waals surface area (Å²) >= 11 is 0. The van der Waals surface area contributed by atoms with Gasteiger partial charge in [0.2, 0.25) is 0 Å². The van der Waals surface area contributed by atoms with Crippen molar-refractivity contribution < 1.29 is 16.8 Å². The minimum atomic E-state index is -1.58. The van der Waals surface area contributed by atoms with Crippen molar-refractivity contribution >= 4 is 8.07 Å². The molecule has 0 aromatic heterocycles. The fourth-order valence-electron chi connectivity index (χ4n) is 2.43. The van der Waals surface area contributed by atoms with E-state index >= 15 is 0 Å². The van der Waals surface area contributed by atoms with Gasteiger partial charge in [-0.15, -0.1) is 0 Å². The molecule has 0 amide bonds. The van der Waals surface area contributed by atoms with E-state index in [-0.39, 0.29) is 16.8 Å². The third-order valence-corrected chi connectivity index (χ3v) is 9.25. The van der Waals surface area contributed by atoms with Crippen molar-refractivity contribution in [3.05, 3.63) is 6.42 Å². The van der Waals surface area contributed by atoms with Gasteiger partial charge in [0.05, 0.1) is 8.07 Å². The molecule has 1 radical (unpaired) electrons. The van der Waals surface area contributed by atoms with E-state index in [0.29, 0.717) is 16.6 Å². The van der Waals surface area contributed by atoms with E-state index in [9.17, 15) is 0 Å². The molecular weight excluding hydrogens is 219 g/mol. The van der Waals surface area contributed by atoms with Gasteiger partial charge in [0.1, 0.15) is 0 Å². The molecule has 0 rings (SSSR count). The zero-order chi connectivity index (χ0) is 9.94. The zero-order valence-electron chi connectivity index (χ0n) is 9.57. The molecule has 0 fully saturated rings. The average molecular weight is 240 g/mol. The van der Waals surface area contributed by atoms with Crippen LogP contribution < -0.4 is 0 Å². The minimum Gasteiger partial charge on any atom is -0.701 e. The smallest absolute Gasteiger partial charge is 0.0977 e. The Morgan fingerprint density at radius 2 is 1.08 bits per heavy atom. The summed E-state index contributed by atoms with van der Waals surface area (Å²) in [7, 11) is -1.58. The van der Waals surface area contributed by atoms with E-state index in [1.54, 1.807) is 0 Å². The second-order valence-electron chi connectivity index (χ2n) is 4.52. The summed E-state index contributed by atoms with van der Waals surface area (Å²) in [6.45, 7) is 13.5. The molecule has 79 valence electrons. The van der Waals surface area contributed by atoms with Gasteiger partial charge in [0, 0.05) is 16.8 Å². The molecular formula is C11H21CoSi-. The molecule has 0 aliphatic heterocycles. The summed E-state index contributed by atoms with van der Waals surface area (Å²) in [5.41, 5.74) is 4.81. The quantitative estimate of drug-likeness (QED) is 0.400. The van der Waals surface area contributed by atoms with Gasteiger partial charge in [0.25, 0.3) is 0 Å². The first-order chi connectivity index (χ1) is 5.39. The third-order valence-electron chi connectivity index (χ3n) is 3.08. The fraction of sp³-hybridized carbons (Fsp3) is 0.818. The molecule has 0 saturated heterocycles. The normalized spacial score (nSPS) is 11.7. The molecule has 0 aliphatic carbocycles. The van der Waals surface area contributed by atoms with E-state index in [2.05, 4.69) is 47.1 Å².